The zero-order valence-corrected chi connectivity index (χ0v) is 15.1. The molecule has 0 atom stereocenters. The van der Waals surface area contributed by atoms with Gasteiger partial charge in [-0.05, 0) is 34.9 Å². The number of fused-ring (bicyclic) bond motifs is 1. The topological polar surface area (TPSA) is 53.6 Å². The fourth-order valence-corrected chi connectivity index (χ4v) is 3.17. The van der Waals surface area contributed by atoms with E-state index in [1.54, 1.807) is 24.5 Å². The van der Waals surface area contributed by atoms with Crippen molar-refractivity contribution < 1.29 is 17.6 Å². The molecule has 0 saturated heterocycles. The summed E-state index contributed by atoms with van der Waals surface area (Å²) in [5.74, 6) is 0.0625. The van der Waals surface area contributed by atoms with Crippen molar-refractivity contribution in [3.8, 4) is 0 Å². The molecule has 148 valence electrons. The van der Waals surface area contributed by atoms with Gasteiger partial charge >= 0.3 is 6.18 Å². The zero-order valence-electron chi connectivity index (χ0n) is 15.1. The lowest BCUT2D eigenvalue weighted by molar-refractivity contribution is -0.138. The van der Waals surface area contributed by atoms with Gasteiger partial charge < -0.3 is 10.3 Å². The number of rotatable bonds is 5. The van der Waals surface area contributed by atoms with Crippen molar-refractivity contribution in [3.63, 3.8) is 0 Å². The predicted octanol–water partition coefficient (Wildman–Crippen LogP) is 5.32. The molecular weight excluding hydrogens is 384 g/mol. The van der Waals surface area contributed by atoms with Crippen LogP contribution in [0.3, 0.4) is 0 Å². The molecule has 0 aliphatic carbocycles. The number of aromatic nitrogens is 3. The van der Waals surface area contributed by atoms with Crippen LogP contribution in [-0.4, -0.2) is 15.0 Å². The molecule has 4 rings (SSSR count). The fraction of sp³-hybridized carbons (Fsp3) is 0.143. The highest BCUT2D eigenvalue weighted by Gasteiger charge is 2.32. The summed E-state index contributed by atoms with van der Waals surface area (Å²) in [4.78, 5) is 11.3. The number of anilines is 1. The van der Waals surface area contributed by atoms with Crippen LogP contribution in [0, 0.1) is 5.82 Å². The van der Waals surface area contributed by atoms with Gasteiger partial charge in [-0.2, -0.15) is 13.2 Å². The molecule has 0 bridgehead atoms. The number of benzene rings is 1. The molecule has 0 aliphatic rings. The Hall–Kier alpha value is -3.42. The first-order chi connectivity index (χ1) is 13.9. The molecule has 3 heterocycles. The Kier molecular flexibility index (Phi) is 4.92. The number of pyridine rings is 2. The molecule has 8 heteroatoms. The summed E-state index contributed by atoms with van der Waals surface area (Å²) >= 11 is 0. The number of alkyl halides is 3. The van der Waals surface area contributed by atoms with Gasteiger partial charge in [0.15, 0.2) is 0 Å². The van der Waals surface area contributed by atoms with Crippen molar-refractivity contribution in [2.75, 3.05) is 5.32 Å². The zero-order chi connectivity index (χ0) is 20.4. The number of H-pyrrole nitrogens is 1. The lowest BCUT2D eigenvalue weighted by Crippen LogP contribution is -2.12. The minimum Gasteiger partial charge on any atom is -0.366 e. The van der Waals surface area contributed by atoms with E-state index in [-0.39, 0.29) is 12.1 Å². The molecule has 4 aromatic rings. The van der Waals surface area contributed by atoms with E-state index in [1.165, 1.54) is 18.2 Å². The van der Waals surface area contributed by atoms with Gasteiger partial charge in [0.2, 0.25) is 0 Å². The van der Waals surface area contributed by atoms with Gasteiger partial charge in [0.05, 0.1) is 11.8 Å². The van der Waals surface area contributed by atoms with Crippen LogP contribution in [0.1, 0.15) is 22.3 Å². The maximum absolute atomic E-state index is 13.4. The van der Waals surface area contributed by atoms with Crippen LogP contribution >= 0.6 is 0 Å². The highest BCUT2D eigenvalue weighted by molar-refractivity contribution is 5.80. The maximum atomic E-state index is 13.4. The summed E-state index contributed by atoms with van der Waals surface area (Å²) in [6.45, 7) is 0.00935. The van der Waals surface area contributed by atoms with Crippen LogP contribution < -0.4 is 5.32 Å². The average Bonchev–Trinajstić information content (AvgIpc) is 3.09. The smallest absolute Gasteiger partial charge is 0.366 e. The van der Waals surface area contributed by atoms with Crippen molar-refractivity contribution in [3.05, 3.63) is 89.1 Å². The molecular formula is C21H16F4N4. The fourth-order valence-electron chi connectivity index (χ4n) is 3.17. The molecule has 0 unspecified atom stereocenters. The second-order valence-corrected chi connectivity index (χ2v) is 6.60. The Morgan fingerprint density at radius 1 is 0.966 bits per heavy atom. The van der Waals surface area contributed by atoms with Crippen molar-refractivity contribution in [1.29, 1.82) is 0 Å². The van der Waals surface area contributed by atoms with Crippen LogP contribution in [0.15, 0.2) is 61.1 Å². The Morgan fingerprint density at radius 3 is 2.55 bits per heavy atom. The average molecular weight is 400 g/mol. The van der Waals surface area contributed by atoms with Gasteiger partial charge in [-0.25, -0.2) is 14.4 Å². The Labute approximate surface area is 163 Å². The lowest BCUT2D eigenvalue weighted by Gasteiger charge is -2.13. The molecule has 0 saturated carbocycles. The van der Waals surface area contributed by atoms with Crippen LogP contribution in [0.4, 0.5) is 23.4 Å². The second kappa shape index (κ2) is 7.54. The van der Waals surface area contributed by atoms with Crippen LogP contribution in [0.2, 0.25) is 0 Å². The Bertz CT molecular complexity index is 1130. The predicted molar refractivity (Wildman–Crippen MR) is 102 cm³/mol. The van der Waals surface area contributed by atoms with Gasteiger partial charge in [-0.3, -0.25) is 0 Å². The molecule has 4 nitrogen and oxygen atoms in total. The quantitative estimate of drug-likeness (QED) is 0.446. The number of hydrogen-bond donors (Lipinski definition) is 2. The van der Waals surface area contributed by atoms with E-state index >= 15 is 0 Å². The highest BCUT2D eigenvalue weighted by atomic mass is 19.4. The number of aromatic amines is 1. The van der Waals surface area contributed by atoms with E-state index in [0.717, 1.165) is 23.4 Å². The van der Waals surface area contributed by atoms with Gasteiger partial charge in [0.1, 0.15) is 17.3 Å². The molecule has 29 heavy (non-hydrogen) atoms. The van der Waals surface area contributed by atoms with Gasteiger partial charge in [-0.1, -0.05) is 24.3 Å². The minimum atomic E-state index is -4.40. The number of nitrogens with zero attached hydrogens (tertiary/aromatic N) is 2. The number of nitrogens with one attached hydrogen (secondary N) is 2. The second-order valence-electron chi connectivity index (χ2n) is 6.60. The number of halogens is 4. The van der Waals surface area contributed by atoms with E-state index in [9.17, 15) is 17.6 Å². The third-order valence-electron chi connectivity index (χ3n) is 4.59. The van der Waals surface area contributed by atoms with Crippen molar-refractivity contribution >= 4 is 16.9 Å². The van der Waals surface area contributed by atoms with Crippen LogP contribution in [-0.2, 0) is 19.1 Å². The molecule has 0 aliphatic heterocycles. The summed E-state index contributed by atoms with van der Waals surface area (Å²) < 4.78 is 52.7. The third kappa shape index (κ3) is 4.21. The van der Waals surface area contributed by atoms with Gasteiger partial charge in [0.25, 0.3) is 0 Å². The highest BCUT2D eigenvalue weighted by Crippen LogP contribution is 2.32. The lowest BCUT2D eigenvalue weighted by atomic mass is 10.1. The van der Waals surface area contributed by atoms with E-state index < -0.39 is 17.6 Å². The molecule has 0 radical (unpaired) electrons. The van der Waals surface area contributed by atoms with Crippen molar-refractivity contribution in [2.24, 2.45) is 0 Å². The van der Waals surface area contributed by atoms with E-state index in [4.69, 9.17) is 0 Å². The van der Waals surface area contributed by atoms with Crippen molar-refractivity contribution in [1.82, 2.24) is 15.0 Å². The van der Waals surface area contributed by atoms with Gasteiger partial charge in [-0.15, -0.1) is 0 Å². The molecule has 0 fully saturated rings. The summed E-state index contributed by atoms with van der Waals surface area (Å²) in [6.07, 6.45) is 0.695. The van der Waals surface area contributed by atoms with E-state index in [2.05, 4.69) is 20.3 Å². The summed E-state index contributed by atoms with van der Waals surface area (Å²) in [5, 5.41) is 3.62. The minimum absolute atomic E-state index is 0.00935. The SMILES string of the molecule is Fc1cnc2[nH]cc(Cc3ccc(NCc4ccccc4C(F)(F)F)nc3)c2c1. The van der Waals surface area contributed by atoms with Crippen molar-refractivity contribution in [2.45, 2.75) is 19.1 Å². The van der Waals surface area contributed by atoms with Gasteiger partial charge in [0, 0.05) is 30.7 Å². The first-order valence-electron chi connectivity index (χ1n) is 8.85. The van der Waals surface area contributed by atoms with Crippen LogP contribution in [0.5, 0.6) is 0 Å². The van der Waals surface area contributed by atoms with Crippen LogP contribution in [0.25, 0.3) is 11.0 Å². The summed E-state index contributed by atoms with van der Waals surface area (Å²) in [7, 11) is 0. The molecule has 3 aromatic heterocycles. The normalized spacial score (nSPS) is 11.7. The first-order valence-corrected chi connectivity index (χ1v) is 8.85. The Morgan fingerprint density at radius 2 is 1.79 bits per heavy atom. The summed E-state index contributed by atoms with van der Waals surface area (Å²) in [5.41, 5.74) is 1.87. The Balaban J connectivity index is 1.45. The standard InChI is InChI=1S/C21H16F4N4/c22-16-8-17-15(11-28-20(17)29-12-16)7-13-5-6-19(26-9-13)27-10-14-3-1-2-4-18(14)21(23,24)25/h1-6,8-9,11-12H,7,10H2,(H,26,27)(H,28,29). The molecule has 0 amide bonds. The number of hydrogen-bond acceptors (Lipinski definition) is 3. The largest absolute Gasteiger partial charge is 0.416 e. The molecule has 1 aromatic carbocycles. The summed E-state index contributed by atoms with van der Waals surface area (Å²) in [6, 6.07) is 10.4. The third-order valence-corrected chi connectivity index (χ3v) is 4.59. The monoisotopic (exact) mass is 400 g/mol. The first kappa shape index (κ1) is 18.9. The van der Waals surface area contributed by atoms with E-state index in [0.29, 0.717) is 23.3 Å². The maximum Gasteiger partial charge on any atom is 0.416 e. The van der Waals surface area contributed by atoms with E-state index in [1.807, 2.05) is 6.07 Å². The molecule has 2 N–H and O–H groups in total. The molecule has 0 spiro atoms.